The molecule has 2 unspecified atom stereocenters. The van der Waals surface area contributed by atoms with Crippen LogP contribution in [0.2, 0.25) is 0 Å². The number of sulfone groups is 1. The number of nitro groups is 1. The SMILES string of the molecule is CS(=O)(=O)c1cccc(N2CC3CCC2C3)c1[N+](=O)[O-]. The van der Waals surface area contributed by atoms with E-state index < -0.39 is 14.8 Å². The second-order valence-corrected chi connectivity index (χ2v) is 7.62. The van der Waals surface area contributed by atoms with Gasteiger partial charge in [-0.05, 0) is 37.3 Å². The van der Waals surface area contributed by atoms with Gasteiger partial charge in [0, 0.05) is 18.8 Å². The van der Waals surface area contributed by atoms with Gasteiger partial charge in [-0.1, -0.05) is 6.07 Å². The smallest absolute Gasteiger partial charge is 0.311 e. The van der Waals surface area contributed by atoms with Gasteiger partial charge in [-0.15, -0.1) is 0 Å². The molecule has 2 atom stereocenters. The number of nitro benzene ring substituents is 1. The van der Waals surface area contributed by atoms with Crippen LogP contribution in [-0.2, 0) is 9.84 Å². The van der Waals surface area contributed by atoms with Crippen LogP contribution in [0, 0.1) is 16.0 Å². The van der Waals surface area contributed by atoms with Gasteiger partial charge < -0.3 is 4.90 Å². The molecule has 1 aliphatic heterocycles. The lowest BCUT2D eigenvalue weighted by atomic mass is 10.1. The Morgan fingerprint density at radius 2 is 2.10 bits per heavy atom. The largest absolute Gasteiger partial charge is 0.363 e. The van der Waals surface area contributed by atoms with E-state index >= 15 is 0 Å². The number of hydrogen-bond acceptors (Lipinski definition) is 5. The van der Waals surface area contributed by atoms with E-state index in [2.05, 4.69) is 0 Å². The molecular formula is C13H16N2O4S. The van der Waals surface area contributed by atoms with E-state index in [-0.39, 0.29) is 10.6 Å². The number of anilines is 1. The van der Waals surface area contributed by atoms with E-state index in [9.17, 15) is 18.5 Å². The van der Waals surface area contributed by atoms with Gasteiger partial charge in [0.1, 0.15) is 10.6 Å². The first-order valence-corrected chi connectivity index (χ1v) is 8.51. The lowest BCUT2D eigenvalue weighted by Crippen LogP contribution is -2.32. The standard InChI is InChI=1S/C13H16N2O4S/c1-20(18,19)12-4-2-3-11(13(12)15(16)17)14-8-9-5-6-10(14)7-9/h2-4,9-10H,5-8H2,1H3. The molecule has 1 aliphatic carbocycles. The summed E-state index contributed by atoms with van der Waals surface area (Å²) >= 11 is 0. The lowest BCUT2D eigenvalue weighted by Gasteiger charge is -2.29. The fraction of sp³-hybridized carbons (Fsp3) is 0.538. The third kappa shape index (κ3) is 2.06. The number of fused-ring (bicyclic) bond motifs is 2. The molecule has 6 nitrogen and oxygen atoms in total. The predicted octanol–water partition coefficient (Wildman–Crippen LogP) is 1.99. The molecule has 7 heteroatoms. The van der Waals surface area contributed by atoms with Crippen LogP contribution >= 0.6 is 0 Å². The van der Waals surface area contributed by atoms with Crippen LogP contribution in [0.25, 0.3) is 0 Å². The summed E-state index contributed by atoms with van der Waals surface area (Å²) in [4.78, 5) is 12.6. The van der Waals surface area contributed by atoms with Gasteiger partial charge in [0.25, 0.3) is 0 Å². The maximum absolute atomic E-state index is 11.8. The number of piperidine rings is 1. The third-order valence-corrected chi connectivity index (χ3v) is 5.41. The van der Waals surface area contributed by atoms with Crippen molar-refractivity contribution in [1.82, 2.24) is 0 Å². The Balaban J connectivity index is 2.14. The summed E-state index contributed by atoms with van der Waals surface area (Å²) < 4.78 is 23.5. The molecule has 108 valence electrons. The average Bonchev–Trinajstić information content (AvgIpc) is 2.98. The first-order valence-electron chi connectivity index (χ1n) is 6.62. The van der Waals surface area contributed by atoms with Crippen LogP contribution in [0.3, 0.4) is 0 Å². The maximum Gasteiger partial charge on any atom is 0.311 e. The molecule has 2 aliphatic rings. The Hall–Kier alpha value is -1.63. The highest BCUT2D eigenvalue weighted by atomic mass is 32.2. The van der Waals surface area contributed by atoms with Gasteiger partial charge >= 0.3 is 5.69 Å². The first-order chi connectivity index (χ1) is 9.38. The Morgan fingerprint density at radius 3 is 2.60 bits per heavy atom. The van der Waals surface area contributed by atoms with Gasteiger partial charge in [-0.25, -0.2) is 8.42 Å². The average molecular weight is 296 g/mol. The molecule has 1 saturated heterocycles. The molecule has 0 radical (unpaired) electrons. The summed E-state index contributed by atoms with van der Waals surface area (Å²) in [6.45, 7) is 0.790. The Kier molecular flexibility index (Phi) is 2.97. The summed E-state index contributed by atoms with van der Waals surface area (Å²) in [7, 11) is -3.61. The fourth-order valence-electron chi connectivity index (χ4n) is 3.44. The van der Waals surface area contributed by atoms with Crippen molar-refractivity contribution in [3.05, 3.63) is 28.3 Å². The zero-order valence-corrected chi connectivity index (χ0v) is 12.0. The maximum atomic E-state index is 11.8. The van der Waals surface area contributed by atoms with Gasteiger partial charge in [-0.3, -0.25) is 10.1 Å². The second-order valence-electron chi connectivity index (χ2n) is 5.64. The van der Waals surface area contributed by atoms with Crippen molar-refractivity contribution in [3.8, 4) is 0 Å². The molecule has 3 rings (SSSR count). The molecule has 2 bridgehead atoms. The van der Waals surface area contributed by atoms with Crippen LogP contribution in [-0.4, -0.2) is 32.2 Å². The molecule has 20 heavy (non-hydrogen) atoms. The molecule has 1 saturated carbocycles. The van der Waals surface area contributed by atoms with Crippen LogP contribution in [0.1, 0.15) is 19.3 Å². The normalized spacial score (nSPS) is 25.1. The molecule has 1 aromatic carbocycles. The van der Waals surface area contributed by atoms with Crippen molar-refractivity contribution >= 4 is 21.2 Å². The third-order valence-electron chi connectivity index (χ3n) is 4.28. The molecule has 2 fully saturated rings. The highest BCUT2D eigenvalue weighted by Crippen LogP contribution is 2.44. The molecule has 1 heterocycles. The zero-order chi connectivity index (χ0) is 14.5. The van der Waals surface area contributed by atoms with E-state index in [1.165, 1.54) is 12.5 Å². The number of rotatable bonds is 3. The Morgan fingerprint density at radius 1 is 1.35 bits per heavy atom. The highest BCUT2D eigenvalue weighted by molar-refractivity contribution is 7.90. The lowest BCUT2D eigenvalue weighted by molar-refractivity contribution is -0.387. The minimum atomic E-state index is -3.61. The molecule has 0 N–H and O–H groups in total. The summed E-state index contributed by atoms with van der Waals surface area (Å²) in [6.07, 6.45) is 4.27. The summed E-state index contributed by atoms with van der Waals surface area (Å²) in [5.41, 5.74) is 0.174. The number of nitrogens with zero attached hydrogens (tertiary/aromatic N) is 2. The topological polar surface area (TPSA) is 80.5 Å². The summed E-state index contributed by atoms with van der Waals surface area (Å²) in [6, 6.07) is 4.87. The van der Waals surface area contributed by atoms with Crippen LogP contribution < -0.4 is 4.90 Å². The summed E-state index contributed by atoms with van der Waals surface area (Å²) in [5.74, 6) is 0.585. The molecule has 0 aromatic heterocycles. The van der Waals surface area contributed by atoms with Crippen molar-refractivity contribution in [2.24, 2.45) is 5.92 Å². The van der Waals surface area contributed by atoms with E-state index in [0.29, 0.717) is 17.6 Å². The summed E-state index contributed by atoms with van der Waals surface area (Å²) in [5, 5.41) is 11.4. The van der Waals surface area contributed by atoms with Crippen molar-refractivity contribution < 1.29 is 13.3 Å². The second kappa shape index (κ2) is 4.44. The minimum Gasteiger partial charge on any atom is -0.363 e. The van der Waals surface area contributed by atoms with E-state index in [0.717, 1.165) is 25.6 Å². The Labute approximate surface area is 117 Å². The van der Waals surface area contributed by atoms with Crippen LogP contribution in [0.15, 0.2) is 23.1 Å². The molecular weight excluding hydrogens is 280 g/mol. The molecule has 0 spiro atoms. The number of benzene rings is 1. The fourth-order valence-corrected chi connectivity index (χ4v) is 4.30. The highest BCUT2D eigenvalue weighted by Gasteiger charge is 2.41. The van der Waals surface area contributed by atoms with E-state index in [1.807, 2.05) is 4.90 Å². The van der Waals surface area contributed by atoms with Gasteiger partial charge in [0.2, 0.25) is 0 Å². The minimum absolute atomic E-state index is 0.192. The van der Waals surface area contributed by atoms with Gasteiger partial charge in [0.15, 0.2) is 9.84 Å². The predicted molar refractivity (Wildman–Crippen MR) is 74.7 cm³/mol. The van der Waals surface area contributed by atoms with Crippen LogP contribution in [0.5, 0.6) is 0 Å². The van der Waals surface area contributed by atoms with Crippen LogP contribution in [0.4, 0.5) is 11.4 Å². The number of para-hydroxylation sites is 1. The monoisotopic (exact) mass is 296 g/mol. The zero-order valence-electron chi connectivity index (χ0n) is 11.2. The van der Waals surface area contributed by atoms with E-state index in [1.54, 1.807) is 12.1 Å². The number of hydrogen-bond donors (Lipinski definition) is 0. The molecule has 0 amide bonds. The van der Waals surface area contributed by atoms with Crippen molar-refractivity contribution in [1.29, 1.82) is 0 Å². The van der Waals surface area contributed by atoms with Crippen molar-refractivity contribution in [2.75, 3.05) is 17.7 Å². The van der Waals surface area contributed by atoms with Gasteiger partial charge in [0.05, 0.1) is 4.92 Å². The molecule has 1 aromatic rings. The van der Waals surface area contributed by atoms with Crippen molar-refractivity contribution in [3.63, 3.8) is 0 Å². The van der Waals surface area contributed by atoms with Gasteiger partial charge in [-0.2, -0.15) is 0 Å². The first kappa shape index (κ1) is 13.4. The Bertz CT molecular complexity index is 671. The van der Waals surface area contributed by atoms with E-state index in [4.69, 9.17) is 0 Å². The quantitative estimate of drug-likeness (QED) is 0.629. The van der Waals surface area contributed by atoms with Crippen molar-refractivity contribution in [2.45, 2.75) is 30.2 Å².